The van der Waals surface area contributed by atoms with E-state index >= 15 is 0 Å². The van der Waals surface area contributed by atoms with Crippen LogP contribution in [-0.4, -0.2) is 15.7 Å². The lowest BCUT2D eigenvalue weighted by molar-refractivity contribution is -0.138. The molecule has 0 spiro atoms. The standard InChI is InChI=1S/C6H6N2O2/c1-2-6(9)10-8-4-3-7-5-8/h2-5H,1H2. The Morgan fingerprint density at radius 2 is 2.60 bits per heavy atom. The van der Waals surface area contributed by atoms with Gasteiger partial charge in [-0.2, -0.15) is 4.73 Å². The van der Waals surface area contributed by atoms with Gasteiger partial charge in [0, 0.05) is 12.3 Å². The monoisotopic (exact) mass is 138 g/mol. The van der Waals surface area contributed by atoms with E-state index in [1.54, 1.807) is 0 Å². The number of nitrogens with zero attached hydrogens (tertiary/aromatic N) is 2. The highest BCUT2D eigenvalue weighted by Crippen LogP contribution is 1.80. The van der Waals surface area contributed by atoms with Crippen molar-refractivity contribution in [2.24, 2.45) is 0 Å². The molecule has 4 heteroatoms. The fourth-order valence-electron chi connectivity index (χ4n) is 0.442. The number of aromatic nitrogens is 2. The molecule has 4 nitrogen and oxygen atoms in total. The van der Waals surface area contributed by atoms with Crippen LogP contribution in [-0.2, 0) is 4.79 Å². The highest BCUT2D eigenvalue weighted by Gasteiger charge is 1.94. The summed E-state index contributed by atoms with van der Waals surface area (Å²) in [7, 11) is 0. The lowest BCUT2D eigenvalue weighted by Gasteiger charge is -1.96. The Balaban J connectivity index is 2.56. The summed E-state index contributed by atoms with van der Waals surface area (Å²) < 4.78 is 1.20. The van der Waals surface area contributed by atoms with Crippen LogP contribution in [0.25, 0.3) is 0 Å². The number of hydrogen-bond acceptors (Lipinski definition) is 3. The van der Waals surface area contributed by atoms with Gasteiger partial charge in [-0.3, -0.25) is 0 Å². The molecule has 0 aliphatic carbocycles. The van der Waals surface area contributed by atoms with Gasteiger partial charge in [0.25, 0.3) is 0 Å². The summed E-state index contributed by atoms with van der Waals surface area (Å²) in [6, 6.07) is 0. The van der Waals surface area contributed by atoms with Crippen LogP contribution in [0.1, 0.15) is 0 Å². The van der Waals surface area contributed by atoms with Crippen LogP contribution in [0.2, 0.25) is 0 Å². The molecular weight excluding hydrogens is 132 g/mol. The van der Waals surface area contributed by atoms with Crippen molar-refractivity contribution in [2.75, 3.05) is 0 Å². The second-order valence-corrected chi connectivity index (χ2v) is 1.54. The zero-order chi connectivity index (χ0) is 7.40. The quantitative estimate of drug-likeness (QED) is 0.541. The van der Waals surface area contributed by atoms with Crippen molar-refractivity contribution in [3.8, 4) is 0 Å². The molecule has 0 saturated carbocycles. The Bertz CT molecular complexity index is 228. The third kappa shape index (κ3) is 1.45. The minimum absolute atomic E-state index is 0.502. The van der Waals surface area contributed by atoms with Crippen LogP contribution in [0, 0.1) is 0 Å². The molecule has 52 valence electrons. The third-order valence-corrected chi connectivity index (χ3v) is 0.842. The molecule has 0 bridgehead atoms. The van der Waals surface area contributed by atoms with Crippen LogP contribution in [0.5, 0.6) is 0 Å². The molecule has 0 unspecified atom stereocenters. The molecular formula is C6H6N2O2. The summed E-state index contributed by atoms with van der Waals surface area (Å²) in [5.41, 5.74) is 0. The average Bonchev–Trinajstić information content (AvgIpc) is 2.40. The van der Waals surface area contributed by atoms with Gasteiger partial charge in [-0.1, -0.05) is 6.58 Å². The molecule has 0 fully saturated rings. The van der Waals surface area contributed by atoms with Crippen molar-refractivity contribution in [3.05, 3.63) is 31.4 Å². The van der Waals surface area contributed by atoms with Crippen molar-refractivity contribution in [1.82, 2.24) is 9.71 Å². The molecule has 0 aromatic carbocycles. The molecule has 1 heterocycles. The van der Waals surface area contributed by atoms with E-state index in [2.05, 4.69) is 16.4 Å². The van der Waals surface area contributed by atoms with E-state index in [9.17, 15) is 4.79 Å². The maximum atomic E-state index is 10.5. The second-order valence-electron chi connectivity index (χ2n) is 1.54. The topological polar surface area (TPSA) is 44.1 Å². The minimum atomic E-state index is -0.502. The molecule has 0 atom stereocenters. The zero-order valence-electron chi connectivity index (χ0n) is 5.23. The first kappa shape index (κ1) is 6.54. The highest BCUT2D eigenvalue weighted by molar-refractivity contribution is 5.81. The van der Waals surface area contributed by atoms with Crippen LogP contribution >= 0.6 is 0 Å². The van der Waals surface area contributed by atoms with E-state index in [0.717, 1.165) is 6.08 Å². The van der Waals surface area contributed by atoms with Crippen LogP contribution < -0.4 is 4.84 Å². The van der Waals surface area contributed by atoms with E-state index in [1.165, 1.54) is 23.5 Å². The van der Waals surface area contributed by atoms with E-state index in [1.807, 2.05) is 0 Å². The minimum Gasteiger partial charge on any atom is -0.331 e. The van der Waals surface area contributed by atoms with Crippen LogP contribution in [0.3, 0.4) is 0 Å². The summed E-state index contributed by atoms with van der Waals surface area (Å²) in [5, 5.41) is 0. The predicted molar refractivity (Wildman–Crippen MR) is 34.0 cm³/mol. The number of imidazole rings is 1. The number of hydrogen-bond donors (Lipinski definition) is 0. The van der Waals surface area contributed by atoms with Gasteiger partial charge < -0.3 is 4.84 Å². The third-order valence-electron chi connectivity index (χ3n) is 0.842. The maximum Gasteiger partial charge on any atom is 0.355 e. The van der Waals surface area contributed by atoms with Gasteiger partial charge in [-0.15, -0.1) is 0 Å². The number of carbonyl (C=O) groups excluding carboxylic acids is 1. The van der Waals surface area contributed by atoms with E-state index < -0.39 is 5.97 Å². The average molecular weight is 138 g/mol. The van der Waals surface area contributed by atoms with Gasteiger partial charge in [0.15, 0.2) is 0 Å². The lowest BCUT2D eigenvalue weighted by atomic mass is 10.7. The molecule has 0 saturated heterocycles. The first-order chi connectivity index (χ1) is 4.83. The Labute approximate surface area is 57.7 Å². The van der Waals surface area contributed by atoms with Gasteiger partial charge in [0.2, 0.25) is 0 Å². The Morgan fingerprint density at radius 3 is 3.10 bits per heavy atom. The fourth-order valence-corrected chi connectivity index (χ4v) is 0.442. The van der Waals surface area contributed by atoms with Gasteiger partial charge in [0.05, 0.1) is 6.20 Å². The Kier molecular flexibility index (Phi) is 1.84. The molecule has 1 rings (SSSR count). The normalized spacial score (nSPS) is 8.80. The molecule has 0 N–H and O–H groups in total. The molecule has 0 aliphatic rings. The predicted octanol–water partition coefficient (Wildman–Crippen LogP) is 0.0243. The Morgan fingerprint density at radius 1 is 1.80 bits per heavy atom. The molecule has 1 aromatic heterocycles. The van der Waals surface area contributed by atoms with Crippen molar-refractivity contribution in [1.29, 1.82) is 0 Å². The van der Waals surface area contributed by atoms with Gasteiger partial charge >= 0.3 is 5.97 Å². The van der Waals surface area contributed by atoms with E-state index in [0.29, 0.717) is 0 Å². The van der Waals surface area contributed by atoms with Crippen molar-refractivity contribution in [3.63, 3.8) is 0 Å². The summed E-state index contributed by atoms with van der Waals surface area (Å²) >= 11 is 0. The fraction of sp³-hybridized carbons (Fsp3) is 0. The van der Waals surface area contributed by atoms with Crippen molar-refractivity contribution in [2.45, 2.75) is 0 Å². The summed E-state index contributed by atoms with van der Waals surface area (Å²) in [5.74, 6) is -0.502. The van der Waals surface area contributed by atoms with E-state index in [-0.39, 0.29) is 0 Å². The first-order valence-electron chi connectivity index (χ1n) is 2.65. The summed E-state index contributed by atoms with van der Waals surface area (Å²) in [4.78, 5) is 18.8. The SMILES string of the molecule is C=CC(=O)On1ccnc1. The zero-order valence-corrected chi connectivity index (χ0v) is 5.23. The second kappa shape index (κ2) is 2.82. The smallest absolute Gasteiger partial charge is 0.331 e. The molecule has 0 radical (unpaired) electrons. The first-order valence-corrected chi connectivity index (χ1v) is 2.65. The molecule has 0 aliphatic heterocycles. The largest absolute Gasteiger partial charge is 0.355 e. The molecule has 1 aromatic rings. The van der Waals surface area contributed by atoms with Crippen LogP contribution in [0.15, 0.2) is 31.4 Å². The maximum absolute atomic E-state index is 10.5. The van der Waals surface area contributed by atoms with E-state index in [4.69, 9.17) is 0 Å². The Hall–Kier alpha value is -1.58. The van der Waals surface area contributed by atoms with Gasteiger partial charge in [-0.05, 0) is 0 Å². The summed E-state index contributed by atoms with van der Waals surface area (Å²) in [6.45, 7) is 3.23. The number of carbonyl (C=O) groups is 1. The number of rotatable bonds is 2. The van der Waals surface area contributed by atoms with Crippen LogP contribution in [0.4, 0.5) is 0 Å². The molecule has 0 amide bonds. The highest BCUT2D eigenvalue weighted by atomic mass is 16.7. The lowest BCUT2D eigenvalue weighted by Crippen LogP contribution is -2.15. The van der Waals surface area contributed by atoms with Crippen molar-refractivity contribution < 1.29 is 9.63 Å². The van der Waals surface area contributed by atoms with Crippen molar-refractivity contribution >= 4 is 5.97 Å². The van der Waals surface area contributed by atoms with Gasteiger partial charge in [0.1, 0.15) is 6.33 Å². The summed E-state index contributed by atoms with van der Waals surface area (Å²) in [6.07, 6.45) is 5.49. The van der Waals surface area contributed by atoms with Gasteiger partial charge in [-0.25, -0.2) is 9.78 Å². The molecule has 10 heavy (non-hydrogen) atoms.